The number of anilines is 1. The molecule has 0 fully saturated rings. The van der Waals surface area contributed by atoms with E-state index in [4.69, 9.17) is 5.73 Å². The van der Waals surface area contributed by atoms with Gasteiger partial charge in [0, 0.05) is 25.2 Å². The summed E-state index contributed by atoms with van der Waals surface area (Å²) in [6, 6.07) is 7.91. The lowest BCUT2D eigenvalue weighted by Gasteiger charge is -2.22. The van der Waals surface area contributed by atoms with Gasteiger partial charge in [-0.1, -0.05) is 32.4 Å². The second-order valence-electron chi connectivity index (χ2n) is 4.73. The van der Waals surface area contributed by atoms with E-state index in [9.17, 15) is 4.79 Å². The number of carbonyl (C=O) groups excluding carboxylic acids is 1. The van der Waals surface area contributed by atoms with Crippen LogP contribution in [-0.2, 0) is 11.3 Å². The van der Waals surface area contributed by atoms with E-state index in [1.807, 2.05) is 36.1 Å². The molecule has 0 aliphatic heterocycles. The summed E-state index contributed by atoms with van der Waals surface area (Å²) in [7, 11) is 0. The molecule has 0 radical (unpaired) electrons. The molecule has 1 aromatic rings. The molecular formula is C15H24N2O. The molecule has 0 saturated heterocycles. The minimum atomic E-state index is 0.201. The highest BCUT2D eigenvalue weighted by atomic mass is 16.2. The molecule has 1 atom stereocenters. The van der Waals surface area contributed by atoms with Crippen LogP contribution in [0.3, 0.4) is 0 Å². The Hall–Kier alpha value is -1.35. The van der Waals surface area contributed by atoms with Crippen LogP contribution >= 0.6 is 0 Å². The molecule has 0 aliphatic rings. The smallest absolute Gasteiger partial charge is 0.227 e. The summed E-state index contributed by atoms with van der Waals surface area (Å²) in [6.45, 7) is 7.48. The van der Waals surface area contributed by atoms with Crippen molar-refractivity contribution >= 4 is 11.6 Å². The summed E-state index contributed by atoms with van der Waals surface area (Å²) in [5, 5.41) is 0. The molecule has 0 bridgehead atoms. The fourth-order valence-electron chi connectivity index (χ4n) is 1.87. The quantitative estimate of drug-likeness (QED) is 0.841. The maximum absolute atomic E-state index is 12.2. The van der Waals surface area contributed by atoms with Crippen LogP contribution in [0.1, 0.15) is 39.2 Å². The van der Waals surface area contributed by atoms with Gasteiger partial charge in [-0.2, -0.15) is 0 Å². The van der Waals surface area contributed by atoms with Crippen molar-refractivity contribution in [2.24, 2.45) is 11.7 Å². The highest BCUT2D eigenvalue weighted by Crippen LogP contribution is 2.18. The molecule has 18 heavy (non-hydrogen) atoms. The molecule has 2 N–H and O–H groups in total. The zero-order valence-electron chi connectivity index (χ0n) is 11.6. The molecule has 3 nitrogen and oxygen atoms in total. The third-order valence-corrected chi connectivity index (χ3v) is 3.32. The molecule has 0 heterocycles. The third-order valence-electron chi connectivity index (χ3n) is 3.32. The van der Waals surface area contributed by atoms with Gasteiger partial charge in [0.25, 0.3) is 0 Å². The van der Waals surface area contributed by atoms with Crippen molar-refractivity contribution in [3.63, 3.8) is 0 Å². The normalized spacial score (nSPS) is 12.2. The lowest BCUT2D eigenvalue weighted by atomic mass is 10.0. The molecule has 0 spiro atoms. The Morgan fingerprint density at radius 3 is 2.33 bits per heavy atom. The maximum Gasteiger partial charge on any atom is 0.227 e. The van der Waals surface area contributed by atoms with Gasteiger partial charge in [-0.25, -0.2) is 0 Å². The van der Waals surface area contributed by atoms with Gasteiger partial charge in [-0.05, 0) is 30.5 Å². The van der Waals surface area contributed by atoms with Crippen molar-refractivity contribution in [3.05, 3.63) is 29.8 Å². The minimum absolute atomic E-state index is 0.201. The van der Waals surface area contributed by atoms with Gasteiger partial charge in [0.05, 0.1) is 0 Å². The van der Waals surface area contributed by atoms with E-state index in [0.717, 1.165) is 17.7 Å². The number of nitrogens with two attached hydrogens (primary N) is 1. The number of hydrogen-bond acceptors (Lipinski definition) is 2. The Balaban J connectivity index is 2.78. The van der Waals surface area contributed by atoms with Crippen LogP contribution in [0.4, 0.5) is 5.69 Å². The molecule has 0 saturated carbocycles. The molecule has 1 aromatic carbocycles. The fraction of sp³-hybridized carbons (Fsp3) is 0.533. The average molecular weight is 248 g/mol. The largest absolute Gasteiger partial charge is 0.326 e. The summed E-state index contributed by atoms with van der Waals surface area (Å²) in [4.78, 5) is 14.0. The predicted molar refractivity (Wildman–Crippen MR) is 76.4 cm³/mol. The van der Waals surface area contributed by atoms with Crippen molar-refractivity contribution in [3.8, 4) is 0 Å². The molecule has 3 heteroatoms. The van der Waals surface area contributed by atoms with E-state index in [2.05, 4.69) is 13.8 Å². The lowest BCUT2D eigenvalue weighted by molar-refractivity contribution is -0.119. The predicted octanol–water partition coefficient (Wildman–Crippen LogP) is 2.93. The molecular weight excluding hydrogens is 224 g/mol. The number of rotatable bonds is 6. The average Bonchev–Trinajstić information content (AvgIpc) is 2.40. The Morgan fingerprint density at radius 2 is 1.89 bits per heavy atom. The third kappa shape index (κ3) is 3.84. The standard InChI is InChI=1S/C15H24N2O/c1-4-12(3)10-15(18)17(5-2)14-8-6-13(11-16)7-9-14/h6-9,12H,4-5,10-11,16H2,1-3H3. The van der Waals surface area contributed by atoms with Crippen LogP contribution < -0.4 is 10.6 Å². The first kappa shape index (κ1) is 14.7. The van der Waals surface area contributed by atoms with Crippen LogP contribution in [0.2, 0.25) is 0 Å². The van der Waals surface area contributed by atoms with Crippen molar-refractivity contribution in [2.75, 3.05) is 11.4 Å². The summed E-state index contributed by atoms with van der Waals surface area (Å²) in [5.41, 5.74) is 7.62. The molecule has 0 aromatic heterocycles. The number of carbonyl (C=O) groups is 1. The van der Waals surface area contributed by atoms with Crippen LogP contribution in [0.5, 0.6) is 0 Å². The molecule has 1 rings (SSSR count). The Labute approximate surface area is 110 Å². The van der Waals surface area contributed by atoms with Gasteiger partial charge in [-0.15, -0.1) is 0 Å². The maximum atomic E-state index is 12.2. The summed E-state index contributed by atoms with van der Waals surface area (Å²) in [5.74, 6) is 0.641. The van der Waals surface area contributed by atoms with Crippen molar-refractivity contribution < 1.29 is 4.79 Å². The van der Waals surface area contributed by atoms with Crippen LogP contribution in [-0.4, -0.2) is 12.5 Å². The molecule has 0 aliphatic carbocycles. The van der Waals surface area contributed by atoms with Gasteiger partial charge in [0.15, 0.2) is 0 Å². The first-order chi connectivity index (χ1) is 8.62. The first-order valence-corrected chi connectivity index (χ1v) is 6.71. The zero-order chi connectivity index (χ0) is 13.5. The summed E-state index contributed by atoms with van der Waals surface area (Å²) >= 11 is 0. The van der Waals surface area contributed by atoms with E-state index < -0.39 is 0 Å². The van der Waals surface area contributed by atoms with Gasteiger partial charge >= 0.3 is 0 Å². The second-order valence-corrected chi connectivity index (χ2v) is 4.73. The number of benzene rings is 1. The lowest BCUT2D eigenvalue weighted by Crippen LogP contribution is -2.31. The molecule has 1 unspecified atom stereocenters. The van der Waals surface area contributed by atoms with Gasteiger partial charge in [0.2, 0.25) is 5.91 Å². The van der Waals surface area contributed by atoms with E-state index in [0.29, 0.717) is 25.4 Å². The van der Waals surface area contributed by atoms with Crippen molar-refractivity contribution in [1.82, 2.24) is 0 Å². The highest BCUT2D eigenvalue weighted by molar-refractivity contribution is 5.93. The Morgan fingerprint density at radius 1 is 1.28 bits per heavy atom. The molecule has 100 valence electrons. The SMILES string of the molecule is CCC(C)CC(=O)N(CC)c1ccc(CN)cc1. The topological polar surface area (TPSA) is 46.3 Å². The number of nitrogens with zero attached hydrogens (tertiary/aromatic N) is 1. The second kappa shape index (κ2) is 7.17. The van der Waals surface area contributed by atoms with E-state index >= 15 is 0 Å². The fourth-order valence-corrected chi connectivity index (χ4v) is 1.87. The number of amides is 1. The van der Waals surface area contributed by atoms with Gasteiger partial charge in [-0.3, -0.25) is 4.79 Å². The molecule has 1 amide bonds. The summed E-state index contributed by atoms with van der Waals surface area (Å²) in [6.07, 6.45) is 1.65. The van der Waals surface area contributed by atoms with Crippen molar-refractivity contribution in [1.29, 1.82) is 0 Å². The Kier molecular flexibility index (Phi) is 5.86. The highest BCUT2D eigenvalue weighted by Gasteiger charge is 2.15. The monoisotopic (exact) mass is 248 g/mol. The van der Waals surface area contributed by atoms with Crippen LogP contribution in [0.15, 0.2) is 24.3 Å². The van der Waals surface area contributed by atoms with Gasteiger partial charge in [0.1, 0.15) is 0 Å². The zero-order valence-corrected chi connectivity index (χ0v) is 11.6. The Bertz CT molecular complexity index is 373. The van der Waals surface area contributed by atoms with Crippen LogP contribution in [0, 0.1) is 5.92 Å². The first-order valence-electron chi connectivity index (χ1n) is 6.71. The van der Waals surface area contributed by atoms with Crippen molar-refractivity contribution in [2.45, 2.75) is 40.2 Å². The van der Waals surface area contributed by atoms with E-state index in [-0.39, 0.29) is 5.91 Å². The van der Waals surface area contributed by atoms with Crippen LogP contribution in [0.25, 0.3) is 0 Å². The number of hydrogen-bond donors (Lipinski definition) is 1. The summed E-state index contributed by atoms with van der Waals surface area (Å²) < 4.78 is 0. The van der Waals surface area contributed by atoms with E-state index in [1.54, 1.807) is 0 Å². The van der Waals surface area contributed by atoms with E-state index in [1.165, 1.54) is 0 Å². The minimum Gasteiger partial charge on any atom is -0.326 e. The van der Waals surface area contributed by atoms with Gasteiger partial charge < -0.3 is 10.6 Å².